The molecule has 0 rings (SSSR count). The first-order chi connectivity index (χ1) is 4.66. The third-order valence-electron chi connectivity index (χ3n) is 1.23. The molecule has 0 aliphatic rings. The van der Waals surface area contributed by atoms with Crippen molar-refractivity contribution >= 4 is 11.8 Å². The summed E-state index contributed by atoms with van der Waals surface area (Å²) in [7, 11) is 0. The summed E-state index contributed by atoms with van der Waals surface area (Å²) < 4.78 is 0. The molecule has 10 heavy (non-hydrogen) atoms. The van der Waals surface area contributed by atoms with Crippen molar-refractivity contribution in [2.45, 2.75) is 33.3 Å². The fourth-order valence-electron chi connectivity index (χ4n) is 0.558. The summed E-state index contributed by atoms with van der Waals surface area (Å²) >= 11 is 1.84. The smallest absolute Gasteiger partial charge is 0.0628 e. The second-order valence-corrected chi connectivity index (χ2v) is 4.07. The molecule has 0 aromatic heterocycles. The van der Waals surface area contributed by atoms with Crippen LogP contribution in [0.4, 0.5) is 0 Å². The normalized spacial score (nSPS) is 14.1. The standard InChI is InChI=1S/C8H18OS/c1-4-8(9)6-10-5-7(2)3/h7-9H,4-6H2,1-3H3. The van der Waals surface area contributed by atoms with Crippen LogP contribution in [0.15, 0.2) is 0 Å². The highest BCUT2D eigenvalue weighted by molar-refractivity contribution is 7.99. The molecule has 0 fully saturated rings. The van der Waals surface area contributed by atoms with Crippen molar-refractivity contribution in [3.05, 3.63) is 0 Å². The van der Waals surface area contributed by atoms with E-state index in [9.17, 15) is 0 Å². The van der Waals surface area contributed by atoms with Crippen LogP contribution in [-0.4, -0.2) is 22.7 Å². The van der Waals surface area contributed by atoms with Crippen LogP contribution in [0, 0.1) is 5.92 Å². The zero-order valence-electron chi connectivity index (χ0n) is 7.13. The summed E-state index contributed by atoms with van der Waals surface area (Å²) in [6.45, 7) is 6.41. The highest BCUT2D eigenvalue weighted by Crippen LogP contribution is 2.09. The Bertz CT molecular complexity index is 73.7. The molecule has 0 radical (unpaired) electrons. The Morgan fingerprint density at radius 3 is 2.30 bits per heavy atom. The Balaban J connectivity index is 3.03. The van der Waals surface area contributed by atoms with E-state index in [-0.39, 0.29) is 6.10 Å². The van der Waals surface area contributed by atoms with Crippen LogP contribution in [0.5, 0.6) is 0 Å². The molecule has 62 valence electrons. The molecule has 1 atom stereocenters. The van der Waals surface area contributed by atoms with Gasteiger partial charge in [0.05, 0.1) is 6.10 Å². The first-order valence-electron chi connectivity index (χ1n) is 3.92. The van der Waals surface area contributed by atoms with Crippen molar-refractivity contribution in [3.8, 4) is 0 Å². The molecule has 0 amide bonds. The lowest BCUT2D eigenvalue weighted by Crippen LogP contribution is -2.08. The summed E-state index contributed by atoms with van der Waals surface area (Å²) in [5.74, 6) is 2.81. The zero-order valence-corrected chi connectivity index (χ0v) is 7.95. The van der Waals surface area contributed by atoms with Crippen LogP contribution in [0.2, 0.25) is 0 Å². The van der Waals surface area contributed by atoms with Crippen LogP contribution in [0.3, 0.4) is 0 Å². The number of hydrogen-bond acceptors (Lipinski definition) is 2. The van der Waals surface area contributed by atoms with E-state index >= 15 is 0 Å². The van der Waals surface area contributed by atoms with E-state index in [0.717, 1.165) is 23.8 Å². The zero-order chi connectivity index (χ0) is 7.98. The molecule has 0 aromatic carbocycles. The average Bonchev–Trinajstić information content (AvgIpc) is 1.87. The van der Waals surface area contributed by atoms with Crippen LogP contribution >= 0.6 is 11.8 Å². The molecule has 1 N–H and O–H groups in total. The quantitative estimate of drug-likeness (QED) is 0.668. The Labute approximate surface area is 68.2 Å². The molecule has 0 aromatic rings. The number of aliphatic hydroxyl groups is 1. The van der Waals surface area contributed by atoms with Crippen molar-refractivity contribution in [3.63, 3.8) is 0 Å². The van der Waals surface area contributed by atoms with E-state index in [2.05, 4.69) is 13.8 Å². The van der Waals surface area contributed by atoms with E-state index in [1.807, 2.05) is 18.7 Å². The summed E-state index contributed by atoms with van der Waals surface area (Å²) in [5.41, 5.74) is 0. The van der Waals surface area contributed by atoms with Crippen LogP contribution < -0.4 is 0 Å². The number of hydrogen-bond donors (Lipinski definition) is 1. The van der Waals surface area contributed by atoms with Crippen LogP contribution in [0.25, 0.3) is 0 Å². The van der Waals surface area contributed by atoms with Crippen molar-refractivity contribution < 1.29 is 5.11 Å². The van der Waals surface area contributed by atoms with E-state index in [1.54, 1.807) is 0 Å². The minimum atomic E-state index is -0.0938. The van der Waals surface area contributed by atoms with Crippen molar-refractivity contribution in [1.82, 2.24) is 0 Å². The average molecular weight is 162 g/mol. The predicted octanol–water partition coefficient (Wildman–Crippen LogP) is 2.15. The fourth-order valence-corrected chi connectivity index (χ4v) is 1.67. The van der Waals surface area contributed by atoms with Gasteiger partial charge in [-0.2, -0.15) is 11.8 Å². The van der Waals surface area contributed by atoms with Gasteiger partial charge in [-0.3, -0.25) is 0 Å². The van der Waals surface area contributed by atoms with E-state index in [0.29, 0.717) is 0 Å². The second kappa shape index (κ2) is 6.05. The summed E-state index contributed by atoms with van der Waals surface area (Å²) in [6, 6.07) is 0. The largest absolute Gasteiger partial charge is 0.392 e. The number of aliphatic hydroxyl groups excluding tert-OH is 1. The summed E-state index contributed by atoms with van der Waals surface area (Å²) in [5, 5.41) is 9.15. The Kier molecular flexibility index (Phi) is 6.24. The third-order valence-corrected chi connectivity index (χ3v) is 2.76. The Morgan fingerprint density at radius 2 is 1.90 bits per heavy atom. The van der Waals surface area contributed by atoms with Gasteiger partial charge in [0.1, 0.15) is 0 Å². The first kappa shape index (κ1) is 10.3. The minimum Gasteiger partial charge on any atom is -0.392 e. The van der Waals surface area contributed by atoms with Gasteiger partial charge in [0.2, 0.25) is 0 Å². The molecule has 0 heterocycles. The van der Waals surface area contributed by atoms with Gasteiger partial charge in [0.15, 0.2) is 0 Å². The van der Waals surface area contributed by atoms with Gasteiger partial charge in [-0.15, -0.1) is 0 Å². The third kappa shape index (κ3) is 6.43. The highest BCUT2D eigenvalue weighted by atomic mass is 32.2. The van der Waals surface area contributed by atoms with Crippen molar-refractivity contribution in [2.24, 2.45) is 5.92 Å². The molecule has 0 aliphatic heterocycles. The molecule has 0 saturated heterocycles. The van der Waals surface area contributed by atoms with E-state index in [4.69, 9.17) is 5.11 Å². The predicted molar refractivity (Wildman–Crippen MR) is 48.5 cm³/mol. The maximum atomic E-state index is 9.15. The molecule has 2 heteroatoms. The SMILES string of the molecule is CCC(O)CSCC(C)C. The van der Waals surface area contributed by atoms with Gasteiger partial charge < -0.3 is 5.11 Å². The Morgan fingerprint density at radius 1 is 1.30 bits per heavy atom. The maximum absolute atomic E-state index is 9.15. The molecule has 0 saturated carbocycles. The summed E-state index contributed by atoms with van der Waals surface area (Å²) in [6.07, 6.45) is 0.786. The molecule has 0 spiro atoms. The van der Waals surface area contributed by atoms with E-state index in [1.165, 1.54) is 0 Å². The minimum absolute atomic E-state index is 0.0938. The lowest BCUT2D eigenvalue weighted by Gasteiger charge is -2.07. The monoisotopic (exact) mass is 162 g/mol. The van der Waals surface area contributed by atoms with Gasteiger partial charge in [0.25, 0.3) is 0 Å². The lowest BCUT2D eigenvalue weighted by atomic mass is 10.3. The van der Waals surface area contributed by atoms with Crippen LogP contribution in [0.1, 0.15) is 27.2 Å². The molecular formula is C8H18OS. The molecular weight excluding hydrogens is 144 g/mol. The van der Waals surface area contributed by atoms with Crippen molar-refractivity contribution in [2.75, 3.05) is 11.5 Å². The van der Waals surface area contributed by atoms with Gasteiger partial charge in [-0.25, -0.2) is 0 Å². The van der Waals surface area contributed by atoms with Gasteiger partial charge >= 0.3 is 0 Å². The van der Waals surface area contributed by atoms with Crippen molar-refractivity contribution in [1.29, 1.82) is 0 Å². The molecule has 0 bridgehead atoms. The van der Waals surface area contributed by atoms with E-state index < -0.39 is 0 Å². The maximum Gasteiger partial charge on any atom is 0.0628 e. The highest BCUT2D eigenvalue weighted by Gasteiger charge is 2.00. The topological polar surface area (TPSA) is 20.2 Å². The lowest BCUT2D eigenvalue weighted by molar-refractivity contribution is 0.195. The van der Waals surface area contributed by atoms with Crippen LogP contribution in [-0.2, 0) is 0 Å². The molecule has 0 aliphatic carbocycles. The summed E-state index contributed by atoms with van der Waals surface area (Å²) in [4.78, 5) is 0. The second-order valence-electron chi connectivity index (χ2n) is 2.99. The Hall–Kier alpha value is 0.310. The molecule has 1 nitrogen and oxygen atoms in total. The van der Waals surface area contributed by atoms with Gasteiger partial charge in [-0.1, -0.05) is 20.8 Å². The van der Waals surface area contributed by atoms with Gasteiger partial charge in [-0.05, 0) is 18.1 Å². The first-order valence-corrected chi connectivity index (χ1v) is 5.08. The number of rotatable bonds is 5. The van der Waals surface area contributed by atoms with Gasteiger partial charge in [0, 0.05) is 5.75 Å². The number of thioether (sulfide) groups is 1. The fraction of sp³-hybridized carbons (Fsp3) is 1.00. The molecule has 1 unspecified atom stereocenters.